The van der Waals surface area contributed by atoms with Crippen molar-refractivity contribution in [3.63, 3.8) is 0 Å². The molecule has 9 nitrogen and oxygen atoms in total. The number of likely N-dealkylation sites (tertiary alicyclic amines) is 1. The van der Waals surface area contributed by atoms with Crippen molar-refractivity contribution in [3.05, 3.63) is 62.6 Å². The van der Waals surface area contributed by atoms with Gasteiger partial charge in [0.2, 0.25) is 5.91 Å². The lowest BCUT2D eigenvalue weighted by Crippen LogP contribution is -2.50. The van der Waals surface area contributed by atoms with Crippen molar-refractivity contribution < 1.29 is 14.3 Å². The number of piperidine rings is 1. The molecule has 0 radical (unpaired) electrons. The fourth-order valence-corrected chi connectivity index (χ4v) is 5.18. The molecule has 3 aromatic rings. The molecule has 33 heavy (non-hydrogen) atoms. The van der Waals surface area contributed by atoms with E-state index < -0.39 is 0 Å². The van der Waals surface area contributed by atoms with Crippen molar-refractivity contribution in [1.29, 1.82) is 0 Å². The zero-order valence-corrected chi connectivity index (χ0v) is 18.9. The van der Waals surface area contributed by atoms with E-state index in [1.807, 2.05) is 15.5 Å². The summed E-state index contributed by atoms with van der Waals surface area (Å²) in [5.74, 6) is 1.61. The first kappa shape index (κ1) is 21.2. The molecule has 1 saturated heterocycles. The van der Waals surface area contributed by atoms with E-state index in [0.717, 1.165) is 12.1 Å². The van der Waals surface area contributed by atoms with E-state index in [2.05, 4.69) is 4.98 Å². The Labute approximate surface area is 190 Å². The molecule has 2 bridgehead atoms. The Morgan fingerprint density at radius 3 is 2.61 bits per heavy atom. The Hall–Kier alpha value is -3.62. The molecule has 2 aliphatic heterocycles. The highest BCUT2D eigenvalue weighted by molar-refractivity contribution is 5.82. The van der Waals surface area contributed by atoms with Gasteiger partial charge in [0, 0.05) is 43.4 Å². The normalized spacial score (nSPS) is 19.3. The van der Waals surface area contributed by atoms with Crippen LogP contribution in [-0.2, 0) is 17.9 Å². The summed E-state index contributed by atoms with van der Waals surface area (Å²) in [6.45, 7) is 3.38. The van der Waals surface area contributed by atoms with Crippen LogP contribution in [0, 0.1) is 12.8 Å². The first-order valence-corrected chi connectivity index (χ1v) is 11.0. The lowest BCUT2D eigenvalue weighted by atomic mass is 9.83. The molecule has 5 rings (SSSR count). The number of hydrogen-bond donors (Lipinski definition) is 0. The fraction of sp³-hybridized carbons (Fsp3) is 0.417. The molecule has 1 amide bonds. The number of methoxy groups -OCH3 is 2. The van der Waals surface area contributed by atoms with Crippen molar-refractivity contribution in [2.75, 3.05) is 27.3 Å². The largest absolute Gasteiger partial charge is 0.493 e. The zero-order valence-electron chi connectivity index (χ0n) is 18.9. The van der Waals surface area contributed by atoms with Crippen LogP contribution in [-0.4, -0.2) is 52.2 Å². The molecule has 2 atom stereocenters. The Balaban J connectivity index is 1.44. The molecular formula is C24H26N4O5. The maximum atomic E-state index is 13.3. The number of aromatic nitrogens is 3. The number of hydrogen-bond acceptors (Lipinski definition) is 6. The highest BCUT2D eigenvalue weighted by atomic mass is 16.5. The smallest absolute Gasteiger partial charge is 0.262 e. The average molecular weight is 450 g/mol. The lowest BCUT2D eigenvalue weighted by molar-refractivity contribution is -0.134. The van der Waals surface area contributed by atoms with Gasteiger partial charge in [-0.15, -0.1) is 0 Å². The molecule has 1 fully saturated rings. The van der Waals surface area contributed by atoms with Crippen LogP contribution in [0.25, 0.3) is 10.9 Å². The number of nitrogens with zero attached hydrogens (tertiary/aromatic N) is 4. The molecule has 1 aromatic carbocycles. The van der Waals surface area contributed by atoms with Crippen molar-refractivity contribution in [2.45, 2.75) is 32.4 Å². The molecule has 2 aromatic heterocycles. The van der Waals surface area contributed by atoms with E-state index in [0.29, 0.717) is 47.9 Å². The van der Waals surface area contributed by atoms with Crippen LogP contribution in [0.5, 0.6) is 11.5 Å². The highest BCUT2D eigenvalue weighted by Gasteiger charge is 2.36. The van der Waals surface area contributed by atoms with Crippen LogP contribution < -0.4 is 20.6 Å². The molecule has 4 heterocycles. The summed E-state index contributed by atoms with van der Waals surface area (Å²) in [5, 5.41) is 0.370. The van der Waals surface area contributed by atoms with Crippen LogP contribution in [0.4, 0.5) is 0 Å². The van der Waals surface area contributed by atoms with Gasteiger partial charge < -0.3 is 18.9 Å². The van der Waals surface area contributed by atoms with Crippen molar-refractivity contribution in [1.82, 2.24) is 19.0 Å². The minimum atomic E-state index is -0.291. The summed E-state index contributed by atoms with van der Waals surface area (Å²) in [6.07, 6.45) is 0.964. The fourth-order valence-electron chi connectivity index (χ4n) is 5.18. The summed E-state index contributed by atoms with van der Waals surface area (Å²) in [5.41, 5.74) is 1.20. The molecule has 2 aliphatic rings. The second-order valence-electron chi connectivity index (χ2n) is 8.77. The van der Waals surface area contributed by atoms with Gasteiger partial charge in [-0.3, -0.25) is 19.0 Å². The molecule has 9 heteroatoms. The van der Waals surface area contributed by atoms with E-state index in [-0.39, 0.29) is 35.4 Å². The first-order chi connectivity index (χ1) is 15.9. The maximum Gasteiger partial charge on any atom is 0.262 e. The predicted molar refractivity (Wildman–Crippen MR) is 122 cm³/mol. The van der Waals surface area contributed by atoms with Crippen LogP contribution in [0.15, 0.2) is 39.9 Å². The van der Waals surface area contributed by atoms with Gasteiger partial charge in [-0.05, 0) is 31.4 Å². The van der Waals surface area contributed by atoms with Gasteiger partial charge in [0.1, 0.15) is 12.4 Å². The molecule has 0 unspecified atom stereocenters. The number of fused-ring (bicyclic) bond motifs is 5. The van der Waals surface area contributed by atoms with Gasteiger partial charge in [-0.2, -0.15) is 0 Å². The summed E-state index contributed by atoms with van der Waals surface area (Å²) >= 11 is 0. The summed E-state index contributed by atoms with van der Waals surface area (Å²) in [6, 6.07) is 8.60. The Kier molecular flexibility index (Phi) is 5.19. The van der Waals surface area contributed by atoms with Gasteiger partial charge in [0.05, 0.1) is 25.1 Å². The van der Waals surface area contributed by atoms with E-state index in [1.165, 1.54) is 18.8 Å². The van der Waals surface area contributed by atoms with Crippen LogP contribution in [0.1, 0.15) is 23.9 Å². The van der Waals surface area contributed by atoms with Gasteiger partial charge in [-0.25, -0.2) is 4.98 Å². The average Bonchev–Trinajstić information content (AvgIpc) is 2.81. The number of benzene rings is 1. The minimum Gasteiger partial charge on any atom is -0.493 e. The summed E-state index contributed by atoms with van der Waals surface area (Å²) in [7, 11) is 3.03. The molecule has 0 spiro atoms. The molecule has 0 aliphatic carbocycles. The number of ether oxygens (including phenoxy) is 2. The van der Waals surface area contributed by atoms with Crippen LogP contribution in [0.2, 0.25) is 0 Å². The second kappa shape index (κ2) is 8.06. The van der Waals surface area contributed by atoms with Gasteiger partial charge >= 0.3 is 0 Å². The Morgan fingerprint density at radius 1 is 1.09 bits per heavy atom. The van der Waals surface area contributed by atoms with E-state index in [1.54, 1.807) is 31.2 Å². The Morgan fingerprint density at radius 2 is 1.85 bits per heavy atom. The van der Waals surface area contributed by atoms with Gasteiger partial charge in [0.25, 0.3) is 11.1 Å². The number of carbonyl (C=O) groups is 1. The minimum absolute atomic E-state index is 0.0125. The molecule has 0 N–H and O–H groups in total. The number of pyridine rings is 1. The topological polar surface area (TPSA) is 95.7 Å². The van der Waals surface area contributed by atoms with Crippen LogP contribution in [0.3, 0.4) is 0 Å². The van der Waals surface area contributed by atoms with Crippen molar-refractivity contribution in [2.24, 2.45) is 5.92 Å². The predicted octanol–water partition coefficient (Wildman–Crippen LogP) is 1.53. The van der Waals surface area contributed by atoms with Crippen LogP contribution >= 0.6 is 0 Å². The summed E-state index contributed by atoms with van der Waals surface area (Å²) < 4.78 is 13.9. The first-order valence-electron chi connectivity index (χ1n) is 11.0. The van der Waals surface area contributed by atoms with Gasteiger partial charge in [-0.1, -0.05) is 6.07 Å². The van der Waals surface area contributed by atoms with Crippen molar-refractivity contribution >= 4 is 16.8 Å². The molecule has 0 saturated carbocycles. The third-order valence-electron chi connectivity index (χ3n) is 6.78. The SMILES string of the molecule is COc1cc2nc(C)n(CC(=O)N3C[C@H]4C[C@@H](C3)c3cccc(=O)n3C4)c(=O)c2cc1OC. The third-order valence-corrected chi connectivity index (χ3v) is 6.78. The zero-order chi connectivity index (χ0) is 23.3. The quantitative estimate of drug-likeness (QED) is 0.598. The second-order valence-corrected chi connectivity index (χ2v) is 8.77. The monoisotopic (exact) mass is 450 g/mol. The Bertz CT molecular complexity index is 1380. The van der Waals surface area contributed by atoms with E-state index in [4.69, 9.17) is 9.47 Å². The molecule has 172 valence electrons. The maximum absolute atomic E-state index is 13.3. The highest BCUT2D eigenvalue weighted by Crippen LogP contribution is 2.35. The lowest BCUT2D eigenvalue weighted by Gasteiger charge is -2.42. The van der Waals surface area contributed by atoms with E-state index in [9.17, 15) is 14.4 Å². The van der Waals surface area contributed by atoms with Gasteiger partial charge in [0.15, 0.2) is 11.5 Å². The molecular weight excluding hydrogens is 424 g/mol. The summed E-state index contributed by atoms with van der Waals surface area (Å²) in [4.78, 5) is 45.1. The number of rotatable bonds is 4. The number of aryl methyl sites for hydroxylation is 1. The van der Waals surface area contributed by atoms with E-state index >= 15 is 0 Å². The number of carbonyl (C=O) groups excluding carboxylic acids is 1. The number of amides is 1. The van der Waals surface area contributed by atoms with Crippen molar-refractivity contribution in [3.8, 4) is 11.5 Å². The standard InChI is InChI=1S/C24H26N4O5/c1-14-25-18-9-21(33-3)20(32-2)8-17(18)24(31)27(14)13-23(30)26-10-15-7-16(12-26)19-5-4-6-22(29)28(19)11-15/h4-6,8-9,15-16H,7,10-13H2,1-3H3/t15-,16+/m1/s1. The third kappa shape index (κ3) is 3.57.